The highest BCUT2D eigenvalue weighted by molar-refractivity contribution is 5.95. The number of nitrogens with one attached hydrogen (secondary N) is 3. The van der Waals surface area contributed by atoms with Crippen LogP contribution in [-0.2, 0) is 31.9 Å². The van der Waals surface area contributed by atoms with Crippen molar-refractivity contribution in [2.75, 3.05) is 18.6 Å². The highest BCUT2D eigenvalue weighted by atomic mass is 16.6. The number of aliphatic hydroxyl groups excluding tert-OH is 1. The summed E-state index contributed by atoms with van der Waals surface area (Å²) in [5.41, 5.74) is 2.43. The van der Waals surface area contributed by atoms with E-state index in [-0.39, 0.29) is 18.9 Å². The second kappa shape index (κ2) is 16.4. The SMILES string of the molecule is COC(=O)N[C@H](C(=O)N[C@@H](Cc1ccccc1)C[C@H](O)[C@H](Cc1ccccc1)NC(=O)[C@@H]1CN(c2ccccc2)C(=O)O1)C(C)C. The van der Waals surface area contributed by atoms with Gasteiger partial charge in [-0.2, -0.15) is 0 Å². The lowest BCUT2D eigenvalue weighted by molar-refractivity contribution is -0.129. The van der Waals surface area contributed by atoms with E-state index in [0.29, 0.717) is 18.5 Å². The molecule has 3 aromatic carbocycles. The Labute approximate surface area is 269 Å². The Balaban J connectivity index is 1.52. The van der Waals surface area contributed by atoms with Crippen LogP contribution in [0, 0.1) is 5.92 Å². The molecule has 11 heteroatoms. The van der Waals surface area contributed by atoms with Crippen LogP contribution in [0.2, 0.25) is 0 Å². The van der Waals surface area contributed by atoms with E-state index in [1.54, 1.807) is 38.1 Å². The summed E-state index contributed by atoms with van der Waals surface area (Å²) in [5, 5.41) is 20.2. The Bertz CT molecular complexity index is 1440. The summed E-state index contributed by atoms with van der Waals surface area (Å²) in [6.07, 6.45) is -2.76. The molecule has 4 rings (SSSR count). The predicted octanol–water partition coefficient (Wildman–Crippen LogP) is 3.60. The van der Waals surface area contributed by atoms with Crippen molar-refractivity contribution < 1.29 is 33.8 Å². The number of hydrogen-bond donors (Lipinski definition) is 4. The smallest absolute Gasteiger partial charge is 0.415 e. The van der Waals surface area contributed by atoms with Crippen LogP contribution >= 0.6 is 0 Å². The third-order valence-corrected chi connectivity index (χ3v) is 7.87. The molecule has 3 aromatic rings. The quantitative estimate of drug-likeness (QED) is 0.213. The normalized spacial score (nSPS) is 16.9. The van der Waals surface area contributed by atoms with E-state index in [9.17, 15) is 24.3 Å². The van der Waals surface area contributed by atoms with E-state index in [0.717, 1.165) is 11.1 Å². The summed E-state index contributed by atoms with van der Waals surface area (Å²) in [6, 6.07) is 25.7. The molecule has 1 saturated heterocycles. The fraction of sp³-hybridized carbons (Fsp3) is 0.371. The molecule has 0 unspecified atom stereocenters. The van der Waals surface area contributed by atoms with Crippen molar-refractivity contribution in [3.63, 3.8) is 0 Å². The van der Waals surface area contributed by atoms with Crippen LogP contribution in [0.4, 0.5) is 15.3 Å². The first-order valence-electron chi connectivity index (χ1n) is 15.4. The minimum Gasteiger partial charge on any atom is -0.453 e. The highest BCUT2D eigenvalue weighted by Gasteiger charge is 2.39. The average Bonchev–Trinajstić information content (AvgIpc) is 3.45. The van der Waals surface area contributed by atoms with Gasteiger partial charge < -0.3 is 30.5 Å². The van der Waals surface area contributed by atoms with E-state index in [2.05, 4.69) is 16.0 Å². The topological polar surface area (TPSA) is 146 Å². The number of carbonyl (C=O) groups is 4. The standard InChI is InChI=1S/C35H42N4O7/c1-23(2)31(38-34(43)45-3)33(42)36-26(19-24-13-7-4-8-14-24)21-29(40)28(20-25-15-9-5-10-16-25)37-32(41)30-22-39(35(44)46-30)27-17-11-6-12-18-27/h4-18,23,26,28-31,40H,19-22H2,1-3H3,(H,36,42)(H,37,41)(H,38,43)/t26-,28-,29-,30-,31-/m0/s1. The molecule has 4 N–H and O–H groups in total. The van der Waals surface area contributed by atoms with Gasteiger partial charge in [0.2, 0.25) is 5.91 Å². The van der Waals surface area contributed by atoms with Crippen LogP contribution in [0.5, 0.6) is 0 Å². The third-order valence-electron chi connectivity index (χ3n) is 7.87. The molecule has 0 bridgehead atoms. The van der Waals surface area contributed by atoms with Crippen LogP contribution in [0.15, 0.2) is 91.0 Å². The zero-order valence-electron chi connectivity index (χ0n) is 26.3. The minimum absolute atomic E-state index is 0.0271. The fourth-order valence-corrected chi connectivity index (χ4v) is 5.40. The Kier molecular flexibility index (Phi) is 12.1. The van der Waals surface area contributed by atoms with Gasteiger partial charge in [0.1, 0.15) is 6.04 Å². The number of alkyl carbamates (subject to hydrolysis) is 1. The molecule has 0 aliphatic carbocycles. The first-order valence-corrected chi connectivity index (χ1v) is 15.4. The van der Waals surface area contributed by atoms with Crippen molar-refractivity contribution in [3.8, 4) is 0 Å². The third kappa shape index (κ3) is 9.55. The van der Waals surface area contributed by atoms with Gasteiger partial charge in [-0.3, -0.25) is 14.5 Å². The lowest BCUT2D eigenvalue weighted by Crippen LogP contribution is -2.55. The fourth-order valence-electron chi connectivity index (χ4n) is 5.40. The van der Waals surface area contributed by atoms with Crippen LogP contribution < -0.4 is 20.9 Å². The summed E-state index contributed by atoms with van der Waals surface area (Å²) < 4.78 is 10.1. The largest absolute Gasteiger partial charge is 0.453 e. The Morgan fingerprint density at radius 2 is 1.43 bits per heavy atom. The molecule has 0 radical (unpaired) electrons. The van der Waals surface area contributed by atoms with E-state index in [1.807, 2.05) is 66.7 Å². The van der Waals surface area contributed by atoms with Gasteiger partial charge in [0, 0.05) is 11.7 Å². The summed E-state index contributed by atoms with van der Waals surface area (Å²) in [5.74, 6) is -1.19. The number of para-hydroxylation sites is 1. The zero-order chi connectivity index (χ0) is 33.1. The van der Waals surface area contributed by atoms with Gasteiger partial charge in [-0.05, 0) is 48.4 Å². The molecular formula is C35H42N4O7. The first kappa shape index (κ1) is 34.0. The monoisotopic (exact) mass is 630 g/mol. The molecule has 0 spiro atoms. The predicted molar refractivity (Wildman–Crippen MR) is 173 cm³/mol. The second-order valence-corrected chi connectivity index (χ2v) is 11.7. The van der Waals surface area contributed by atoms with Gasteiger partial charge in [0.25, 0.3) is 5.91 Å². The lowest BCUT2D eigenvalue weighted by Gasteiger charge is -2.30. The van der Waals surface area contributed by atoms with Gasteiger partial charge in [0.05, 0.1) is 25.8 Å². The molecule has 46 heavy (non-hydrogen) atoms. The molecule has 1 aliphatic heterocycles. The number of aliphatic hydroxyl groups is 1. The van der Waals surface area contributed by atoms with Gasteiger partial charge in [-0.25, -0.2) is 9.59 Å². The van der Waals surface area contributed by atoms with E-state index < -0.39 is 54.3 Å². The maximum atomic E-state index is 13.5. The summed E-state index contributed by atoms with van der Waals surface area (Å²) in [6.45, 7) is 3.64. The number of amides is 4. The molecule has 11 nitrogen and oxygen atoms in total. The molecule has 0 saturated carbocycles. The number of methoxy groups -OCH3 is 1. The summed E-state index contributed by atoms with van der Waals surface area (Å²) in [4.78, 5) is 52.9. The molecule has 5 atom stereocenters. The number of ether oxygens (including phenoxy) is 2. The summed E-state index contributed by atoms with van der Waals surface area (Å²) >= 11 is 0. The Hall–Kier alpha value is -4.90. The first-order chi connectivity index (χ1) is 22.1. The number of nitrogens with zero attached hydrogens (tertiary/aromatic N) is 1. The Morgan fingerprint density at radius 3 is 2.00 bits per heavy atom. The molecule has 244 valence electrons. The van der Waals surface area contributed by atoms with Crippen LogP contribution in [-0.4, -0.2) is 73.1 Å². The van der Waals surface area contributed by atoms with Crippen LogP contribution in [0.25, 0.3) is 0 Å². The minimum atomic E-state index is -1.11. The molecular weight excluding hydrogens is 588 g/mol. The average molecular weight is 631 g/mol. The highest BCUT2D eigenvalue weighted by Crippen LogP contribution is 2.22. The molecule has 4 amide bonds. The van der Waals surface area contributed by atoms with Gasteiger partial charge in [-0.1, -0.05) is 92.7 Å². The summed E-state index contributed by atoms with van der Waals surface area (Å²) in [7, 11) is 1.23. The van der Waals surface area contributed by atoms with Crippen molar-refractivity contribution in [3.05, 3.63) is 102 Å². The van der Waals surface area contributed by atoms with Crippen LogP contribution in [0.1, 0.15) is 31.4 Å². The number of benzene rings is 3. The second-order valence-electron chi connectivity index (χ2n) is 11.7. The molecule has 0 aromatic heterocycles. The molecule has 1 fully saturated rings. The molecule has 1 aliphatic rings. The van der Waals surface area contributed by atoms with E-state index in [4.69, 9.17) is 9.47 Å². The van der Waals surface area contributed by atoms with Gasteiger partial charge in [-0.15, -0.1) is 0 Å². The van der Waals surface area contributed by atoms with E-state index in [1.165, 1.54) is 12.0 Å². The zero-order valence-corrected chi connectivity index (χ0v) is 26.3. The number of anilines is 1. The van der Waals surface area contributed by atoms with Crippen LogP contribution in [0.3, 0.4) is 0 Å². The lowest BCUT2D eigenvalue weighted by atomic mass is 9.93. The number of rotatable bonds is 14. The van der Waals surface area contributed by atoms with Crippen molar-refractivity contribution in [2.24, 2.45) is 5.92 Å². The van der Waals surface area contributed by atoms with Gasteiger partial charge >= 0.3 is 12.2 Å². The van der Waals surface area contributed by atoms with E-state index >= 15 is 0 Å². The maximum absolute atomic E-state index is 13.5. The van der Waals surface area contributed by atoms with Crippen molar-refractivity contribution in [1.82, 2.24) is 16.0 Å². The van der Waals surface area contributed by atoms with Crippen molar-refractivity contribution in [1.29, 1.82) is 0 Å². The maximum Gasteiger partial charge on any atom is 0.415 e. The van der Waals surface area contributed by atoms with Gasteiger partial charge in [0.15, 0.2) is 6.10 Å². The number of cyclic esters (lactones) is 1. The van der Waals surface area contributed by atoms with Crippen molar-refractivity contribution >= 4 is 29.7 Å². The van der Waals surface area contributed by atoms with Crippen molar-refractivity contribution in [2.45, 2.75) is 63.4 Å². The number of carbonyl (C=O) groups excluding carboxylic acids is 4. The molecule has 1 heterocycles. The number of hydrogen-bond acceptors (Lipinski definition) is 7. The Morgan fingerprint density at radius 1 is 0.870 bits per heavy atom.